The standard InChI is InChI=1S/C36H27N5/c1-4-12-27(13-5-1)34-26-38-35(39-34)28-14-10-20-32(24-28)41(31-18-8-3-9-19-31)33-21-11-15-29(25-33)36-37-22-23-40(36)30-16-6-2-7-17-30/h1-26H,(H,38,39). The third-order valence-corrected chi connectivity index (χ3v) is 7.08. The van der Waals surface area contributed by atoms with Crippen molar-refractivity contribution in [2.75, 3.05) is 4.90 Å². The third-order valence-electron chi connectivity index (χ3n) is 7.08. The lowest BCUT2D eigenvalue weighted by atomic mass is 10.1. The van der Waals surface area contributed by atoms with Crippen molar-refractivity contribution >= 4 is 17.1 Å². The van der Waals surface area contributed by atoms with E-state index in [1.165, 1.54) is 0 Å². The highest BCUT2D eigenvalue weighted by Crippen LogP contribution is 2.38. The lowest BCUT2D eigenvalue weighted by molar-refractivity contribution is 1.07. The maximum Gasteiger partial charge on any atom is 0.144 e. The van der Waals surface area contributed by atoms with Crippen molar-refractivity contribution in [3.8, 4) is 39.7 Å². The summed E-state index contributed by atoms with van der Waals surface area (Å²) in [5.41, 5.74) is 8.28. The number of nitrogens with zero attached hydrogens (tertiary/aromatic N) is 4. The Labute approximate surface area is 239 Å². The number of nitrogens with one attached hydrogen (secondary N) is 1. The predicted molar refractivity (Wildman–Crippen MR) is 167 cm³/mol. The van der Waals surface area contributed by atoms with Crippen LogP contribution < -0.4 is 4.90 Å². The number of anilines is 3. The van der Waals surface area contributed by atoms with E-state index in [2.05, 4.69) is 112 Å². The number of hydrogen-bond acceptors (Lipinski definition) is 3. The molecule has 0 amide bonds. The first-order valence-electron chi connectivity index (χ1n) is 13.6. The Morgan fingerprint density at radius 1 is 0.561 bits per heavy atom. The van der Waals surface area contributed by atoms with Crippen LogP contribution in [0.5, 0.6) is 0 Å². The molecule has 41 heavy (non-hydrogen) atoms. The second-order valence-corrected chi connectivity index (χ2v) is 9.73. The van der Waals surface area contributed by atoms with Gasteiger partial charge in [0, 0.05) is 58.0 Å². The van der Waals surface area contributed by atoms with Crippen molar-refractivity contribution in [3.05, 3.63) is 158 Å². The molecule has 0 radical (unpaired) electrons. The van der Waals surface area contributed by atoms with E-state index in [0.29, 0.717) is 0 Å². The van der Waals surface area contributed by atoms with Crippen LogP contribution in [0.1, 0.15) is 0 Å². The Hall–Kier alpha value is -5.68. The minimum atomic E-state index is 0.831. The molecule has 0 fully saturated rings. The van der Waals surface area contributed by atoms with E-state index in [1.807, 2.05) is 61.1 Å². The summed E-state index contributed by atoms with van der Waals surface area (Å²) in [4.78, 5) is 15.3. The molecule has 5 heteroatoms. The van der Waals surface area contributed by atoms with Crippen LogP contribution in [0.3, 0.4) is 0 Å². The summed E-state index contributed by atoms with van der Waals surface area (Å²) in [6.07, 6.45) is 5.81. The van der Waals surface area contributed by atoms with Gasteiger partial charge < -0.3 is 9.88 Å². The molecule has 0 aliphatic rings. The highest BCUT2D eigenvalue weighted by molar-refractivity contribution is 5.81. The molecule has 1 N–H and O–H groups in total. The first kappa shape index (κ1) is 24.4. The van der Waals surface area contributed by atoms with Gasteiger partial charge in [0.15, 0.2) is 0 Å². The molecular weight excluding hydrogens is 502 g/mol. The van der Waals surface area contributed by atoms with Gasteiger partial charge in [-0.3, -0.25) is 4.57 Å². The minimum Gasteiger partial charge on any atom is -0.344 e. The molecule has 196 valence electrons. The monoisotopic (exact) mass is 529 g/mol. The molecule has 0 aliphatic carbocycles. The largest absolute Gasteiger partial charge is 0.344 e. The summed E-state index contributed by atoms with van der Waals surface area (Å²) in [5, 5.41) is 0. The van der Waals surface area contributed by atoms with Gasteiger partial charge in [-0.05, 0) is 48.5 Å². The number of imidazole rings is 2. The van der Waals surface area contributed by atoms with E-state index < -0.39 is 0 Å². The fourth-order valence-electron chi connectivity index (χ4n) is 5.14. The molecule has 5 aromatic carbocycles. The number of para-hydroxylation sites is 2. The van der Waals surface area contributed by atoms with Gasteiger partial charge in [-0.25, -0.2) is 9.97 Å². The summed E-state index contributed by atoms with van der Waals surface area (Å²) in [6, 6.07) is 48.0. The van der Waals surface area contributed by atoms with Crippen LogP contribution in [0.4, 0.5) is 17.1 Å². The molecule has 0 spiro atoms. The summed E-state index contributed by atoms with van der Waals surface area (Å²) >= 11 is 0. The van der Waals surface area contributed by atoms with Crippen molar-refractivity contribution in [3.63, 3.8) is 0 Å². The van der Waals surface area contributed by atoms with E-state index in [4.69, 9.17) is 9.97 Å². The molecule has 7 rings (SSSR count). The highest BCUT2D eigenvalue weighted by atomic mass is 15.1. The molecular formula is C36H27N5. The Bertz CT molecular complexity index is 1890. The van der Waals surface area contributed by atoms with Gasteiger partial charge in [-0.15, -0.1) is 0 Å². The lowest BCUT2D eigenvalue weighted by Crippen LogP contribution is -2.10. The van der Waals surface area contributed by atoms with Crippen molar-refractivity contribution in [1.29, 1.82) is 0 Å². The molecule has 0 atom stereocenters. The normalized spacial score (nSPS) is 10.9. The fourth-order valence-corrected chi connectivity index (χ4v) is 5.14. The number of benzene rings is 5. The molecule has 0 saturated heterocycles. The maximum absolute atomic E-state index is 4.90. The number of rotatable bonds is 7. The van der Waals surface area contributed by atoms with Gasteiger partial charge in [-0.2, -0.15) is 0 Å². The average Bonchev–Trinajstić information content (AvgIpc) is 3.74. The van der Waals surface area contributed by atoms with E-state index in [0.717, 1.165) is 56.8 Å². The van der Waals surface area contributed by atoms with Gasteiger partial charge in [0.2, 0.25) is 0 Å². The van der Waals surface area contributed by atoms with Crippen molar-refractivity contribution in [1.82, 2.24) is 19.5 Å². The fraction of sp³-hybridized carbons (Fsp3) is 0. The van der Waals surface area contributed by atoms with E-state index in [9.17, 15) is 0 Å². The zero-order valence-electron chi connectivity index (χ0n) is 22.3. The zero-order chi connectivity index (χ0) is 27.4. The Balaban J connectivity index is 1.30. The molecule has 0 bridgehead atoms. The van der Waals surface area contributed by atoms with Crippen LogP contribution in [0, 0.1) is 0 Å². The summed E-state index contributed by atoms with van der Waals surface area (Å²) in [7, 11) is 0. The van der Waals surface area contributed by atoms with Crippen LogP contribution in [0.25, 0.3) is 39.7 Å². The van der Waals surface area contributed by atoms with Crippen LogP contribution in [0.2, 0.25) is 0 Å². The quantitative estimate of drug-likeness (QED) is 0.224. The number of hydrogen-bond donors (Lipinski definition) is 1. The second-order valence-electron chi connectivity index (χ2n) is 9.73. The molecule has 0 unspecified atom stereocenters. The molecule has 2 heterocycles. The van der Waals surface area contributed by atoms with Crippen LogP contribution in [0.15, 0.2) is 158 Å². The Morgan fingerprint density at radius 2 is 1.15 bits per heavy atom. The van der Waals surface area contributed by atoms with Crippen LogP contribution in [-0.2, 0) is 0 Å². The van der Waals surface area contributed by atoms with Crippen molar-refractivity contribution < 1.29 is 0 Å². The molecule has 2 aromatic heterocycles. The lowest BCUT2D eigenvalue weighted by Gasteiger charge is -2.26. The summed E-state index contributed by atoms with van der Waals surface area (Å²) in [5.74, 6) is 1.72. The first-order valence-corrected chi connectivity index (χ1v) is 13.6. The van der Waals surface area contributed by atoms with Crippen LogP contribution >= 0.6 is 0 Å². The van der Waals surface area contributed by atoms with E-state index >= 15 is 0 Å². The predicted octanol–water partition coefficient (Wildman–Crippen LogP) is 9.07. The van der Waals surface area contributed by atoms with Gasteiger partial charge in [0.05, 0.1) is 5.69 Å². The molecule has 0 saturated carbocycles. The van der Waals surface area contributed by atoms with Gasteiger partial charge in [0.25, 0.3) is 0 Å². The second kappa shape index (κ2) is 10.8. The Kier molecular flexibility index (Phi) is 6.44. The SMILES string of the molecule is c1ccc(-c2c[nH]c(-c3cccc(N(c4ccccc4)c4cccc(-c5nccn5-c5ccccc5)c4)c3)n2)cc1. The smallest absolute Gasteiger partial charge is 0.144 e. The zero-order valence-corrected chi connectivity index (χ0v) is 22.3. The molecule has 7 aromatic rings. The Morgan fingerprint density at radius 3 is 1.88 bits per heavy atom. The van der Waals surface area contributed by atoms with E-state index in [-0.39, 0.29) is 0 Å². The number of aromatic amines is 1. The van der Waals surface area contributed by atoms with Crippen molar-refractivity contribution in [2.24, 2.45) is 0 Å². The average molecular weight is 530 g/mol. The highest BCUT2D eigenvalue weighted by Gasteiger charge is 2.16. The summed E-state index contributed by atoms with van der Waals surface area (Å²) < 4.78 is 2.12. The molecule has 0 aliphatic heterocycles. The minimum absolute atomic E-state index is 0.831. The van der Waals surface area contributed by atoms with Crippen LogP contribution in [-0.4, -0.2) is 19.5 Å². The van der Waals surface area contributed by atoms with Gasteiger partial charge in [0.1, 0.15) is 11.6 Å². The van der Waals surface area contributed by atoms with Crippen molar-refractivity contribution in [2.45, 2.75) is 0 Å². The first-order chi connectivity index (χ1) is 20.3. The summed E-state index contributed by atoms with van der Waals surface area (Å²) in [6.45, 7) is 0. The van der Waals surface area contributed by atoms with Gasteiger partial charge in [-0.1, -0.05) is 91.0 Å². The topological polar surface area (TPSA) is 49.7 Å². The van der Waals surface area contributed by atoms with E-state index in [1.54, 1.807) is 0 Å². The number of aromatic nitrogens is 4. The third kappa shape index (κ3) is 4.92. The maximum atomic E-state index is 4.90. The molecule has 5 nitrogen and oxygen atoms in total. The van der Waals surface area contributed by atoms with Gasteiger partial charge >= 0.3 is 0 Å². The number of H-pyrrole nitrogens is 1.